The van der Waals surface area contributed by atoms with Crippen LogP contribution in [0, 0.1) is 12.8 Å². The lowest BCUT2D eigenvalue weighted by atomic mass is 9.88. The summed E-state index contributed by atoms with van der Waals surface area (Å²) in [5, 5.41) is 0. The maximum atomic E-state index is 6.23. The second-order valence-corrected chi connectivity index (χ2v) is 3.83. The molecule has 0 amide bonds. The Hall–Kier alpha value is -0.890. The Morgan fingerprint density at radius 3 is 2.50 bits per heavy atom. The molecule has 0 aliphatic heterocycles. The number of aromatic nitrogens is 1. The molecule has 1 heterocycles. The van der Waals surface area contributed by atoms with Crippen molar-refractivity contribution < 1.29 is 0 Å². The van der Waals surface area contributed by atoms with Gasteiger partial charge in [-0.1, -0.05) is 26.7 Å². The predicted molar refractivity (Wildman–Crippen MR) is 60.0 cm³/mol. The first kappa shape index (κ1) is 11.2. The normalized spacial score (nSPS) is 13.2. The molecule has 78 valence electrons. The molecule has 0 saturated heterocycles. The predicted octanol–water partition coefficient (Wildman–Crippen LogP) is 2.83. The van der Waals surface area contributed by atoms with Gasteiger partial charge in [0.1, 0.15) is 0 Å². The second-order valence-electron chi connectivity index (χ2n) is 3.83. The average molecular weight is 192 g/mol. The number of pyridine rings is 1. The van der Waals surface area contributed by atoms with Crippen LogP contribution in [-0.4, -0.2) is 4.98 Å². The molecule has 1 atom stereocenters. The van der Waals surface area contributed by atoms with Crippen LogP contribution in [0.3, 0.4) is 0 Å². The molecule has 1 unspecified atom stereocenters. The fourth-order valence-electron chi connectivity index (χ4n) is 1.91. The SMILES string of the molecule is CCC(CC)C(N)c1ccncc1C. The summed E-state index contributed by atoms with van der Waals surface area (Å²) >= 11 is 0. The number of nitrogens with zero attached hydrogens (tertiary/aromatic N) is 1. The minimum absolute atomic E-state index is 0.160. The van der Waals surface area contributed by atoms with Gasteiger partial charge in [-0.3, -0.25) is 4.98 Å². The first-order chi connectivity index (χ1) is 6.70. The Kier molecular flexibility index (Phi) is 4.08. The van der Waals surface area contributed by atoms with Gasteiger partial charge in [0.2, 0.25) is 0 Å². The lowest BCUT2D eigenvalue weighted by Crippen LogP contribution is -2.21. The molecule has 0 fully saturated rings. The molecule has 0 aliphatic carbocycles. The molecular formula is C12H20N2. The summed E-state index contributed by atoms with van der Waals surface area (Å²) < 4.78 is 0. The van der Waals surface area contributed by atoms with Crippen LogP contribution in [0.2, 0.25) is 0 Å². The van der Waals surface area contributed by atoms with Crippen LogP contribution in [0.4, 0.5) is 0 Å². The zero-order valence-electron chi connectivity index (χ0n) is 9.33. The highest BCUT2D eigenvalue weighted by Gasteiger charge is 2.17. The van der Waals surface area contributed by atoms with Crippen molar-refractivity contribution in [1.29, 1.82) is 0 Å². The number of hydrogen-bond donors (Lipinski definition) is 1. The second kappa shape index (κ2) is 5.11. The van der Waals surface area contributed by atoms with Crippen LogP contribution in [0.5, 0.6) is 0 Å². The Morgan fingerprint density at radius 2 is 2.00 bits per heavy atom. The van der Waals surface area contributed by atoms with Crippen molar-refractivity contribution in [3.05, 3.63) is 29.6 Å². The van der Waals surface area contributed by atoms with Crippen molar-refractivity contribution in [3.63, 3.8) is 0 Å². The van der Waals surface area contributed by atoms with E-state index in [1.165, 1.54) is 11.1 Å². The summed E-state index contributed by atoms with van der Waals surface area (Å²) in [7, 11) is 0. The minimum atomic E-state index is 0.160. The standard InChI is InChI=1S/C12H20N2/c1-4-10(5-2)12(13)11-6-7-14-8-9(11)3/h6-8,10,12H,4-5,13H2,1-3H3. The summed E-state index contributed by atoms with van der Waals surface area (Å²) in [4.78, 5) is 4.08. The molecule has 0 aromatic carbocycles. The Labute approximate surface area is 86.5 Å². The van der Waals surface area contributed by atoms with Crippen LogP contribution in [0.25, 0.3) is 0 Å². The quantitative estimate of drug-likeness (QED) is 0.796. The van der Waals surface area contributed by atoms with Gasteiger partial charge < -0.3 is 5.73 Å². The van der Waals surface area contributed by atoms with E-state index < -0.39 is 0 Å². The molecule has 2 heteroatoms. The number of nitrogens with two attached hydrogens (primary N) is 1. The average Bonchev–Trinajstić information content (AvgIpc) is 2.20. The van der Waals surface area contributed by atoms with Gasteiger partial charge in [0.05, 0.1) is 0 Å². The Morgan fingerprint density at radius 1 is 1.36 bits per heavy atom. The zero-order valence-corrected chi connectivity index (χ0v) is 9.33. The molecule has 0 saturated carbocycles. The van der Waals surface area contributed by atoms with Crippen molar-refractivity contribution in [2.75, 3.05) is 0 Å². The van der Waals surface area contributed by atoms with Gasteiger partial charge in [-0.25, -0.2) is 0 Å². The van der Waals surface area contributed by atoms with Gasteiger partial charge >= 0.3 is 0 Å². The van der Waals surface area contributed by atoms with Gasteiger partial charge in [-0.05, 0) is 30.0 Å². The molecule has 1 rings (SSSR count). The third kappa shape index (κ3) is 2.32. The van der Waals surface area contributed by atoms with E-state index in [0.717, 1.165) is 12.8 Å². The molecule has 2 N–H and O–H groups in total. The molecular weight excluding hydrogens is 172 g/mol. The first-order valence-corrected chi connectivity index (χ1v) is 5.36. The fraction of sp³-hybridized carbons (Fsp3) is 0.583. The van der Waals surface area contributed by atoms with E-state index in [4.69, 9.17) is 5.73 Å². The van der Waals surface area contributed by atoms with E-state index in [1.807, 2.05) is 18.5 Å². The van der Waals surface area contributed by atoms with Gasteiger partial charge in [0, 0.05) is 18.4 Å². The summed E-state index contributed by atoms with van der Waals surface area (Å²) in [5.74, 6) is 0.580. The molecule has 0 spiro atoms. The number of aryl methyl sites for hydroxylation is 1. The maximum Gasteiger partial charge on any atom is 0.0327 e. The first-order valence-electron chi connectivity index (χ1n) is 5.36. The van der Waals surface area contributed by atoms with Gasteiger partial charge in [0.25, 0.3) is 0 Å². The fourth-order valence-corrected chi connectivity index (χ4v) is 1.91. The van der Waals surface area contributed by atoms with Crippen molar-refractivity contribution in [2.24, 2.45) is 11.7 Å². The van der Waals surface area contributed by atoms with Crippen LogP contribution < -0.4 is 5.73 Å². The van der Waals surface area contributed by atoms with E-state index in [2.05, 4.69) is 25.8 Å². The lowest BCUT2D eigenvalue weighted by Gasteiger charge is -2.22. The molecule has 0 radical (unpaired) electrons. The summed E-state index contributed by atoms with van der Waals surface area (Å²) in [6.45, 7) is 6.47. The van der Waals surface area contributed by atoms with Crippen molar-refractivity contribution >= 4 is 0 Å². The summed E-state index contributed by atoms with van der Waals surface area (Å²) in [5.41, 5.74) is 8.68. The molecule has 0 bridgehead atoms. The third-order valence-electron chi connectivity index (χ3n) is 2.98. The number of rotatable bonds is 4. The topological polar surface area (TPSA) is 38.9 Å². The minimum Gasteiger partial charge on any atom is -0.324 e. The van der Waals surface area contributed by atoms with Gasteiger partial charge in [0.15, 0.2) is 0 Å². The smallest absolute Gasteiger partial charge is 0.0327 e. The van der Waals surface area contributed by atoms with Crippen LogP contribution >= 0.6 is 0 Å². The van der Waals surface area contributed by atoms with Crippen molar-refractivity contribution in [1.82, 2.24) is 4.98 Å². The highest BCUT2D eigenvalue weighted by Crippen LogP contribution is 2.26. The highest BCUT2D eigenvalue weighted by molar-refractivity contribution is 5.25. The molecule has 14 heavy (non-hydrogen) atoms. The Balaban J connectivity index is 2.88. The zero-order chi connectivity index (χ0) is 10.6. The highest BCUT2D eigenvalue weighted by atomic mass is 14.7. The van der Waals surface area contributed by atoms with E-state index in [-0.39, 0.29) is 6.04 Å². The van der Waals surface area contributed by atoms with Crippen LogP contribution in [0.1, 0.15) is 43.9 Å². The van der Waals surface area contributed by atoms with Crippen LogP contribution in [-0.2, 0) is 0 Å². The molecule has 2 nitrogen and oxygen atoms in total. The van der Waals surface area contributed by atoms with E-state index in [1.54, 1.807) is 0 Å². The maximum absolute atomic E-state index is 6.23. The van der Waals surface area contributed by atoms with E-state index >= 15 is 0 Å². The monoisotopic (exact) mass is 192 g/mol. The van der Waals surface area contributed by atoms with E-state index in [0.29, 0.717) is 5.92 Å². The third-order valence-corrected chi connectivity index (χ3v) is 2.98. The summed E-state index contributed by atoms with van der Waals surface area (Å²) in [6.07, 6.45) is 5.99. The lowest BCUT2D eigenvalue weighted by molar-refractivity contribution is 0.404. The molecule has 1 aromatic heterocycles. The van der Waals surface area contributed by atoms with Gasteiger partial charge in [-0.2, -0.15) is 0 Å². The summed E-state index contributed by atoms with van der Waals surface area (Å²) in [6, 6.07) is 2.20. The van der Waals surface area contributed by atoms with Crippen LogP contribution in [0.15, 0.2) is 18.5 Å². The van der Waals surface area contributed by atoms with E-state index in [9.17, 15) is 0 Å². The molecule has 0 aliphatic rings. The largest absolute Gasteiger partial charge is 0.324 e. The molecule has 1 aromatic rings. The van der Waals surface area contributed by atoms with Gasteiger partial charge in [-0.15, -0.1) is 0 Å². The number of hydrogen-bond acceptors (Lipinski definition) is 2. The van der Waals surface area contributed by atoms with Crippen molar-refractivity contribution in [2.45, 2.75) is 39.7 Å². The Bertz CT molecular complexity index is 279. The van der Waals surface area contributed by atoms with Crippen molar-refractivity contribution in [3.8, 4) is 0 Å².